The summed E-state index contributed by atoms with van der Waals surface area (Å²) < 4.78 is 28.0. The maximum absolute atomic E-state index is 14.5. The van der Waals surface area contributed by atoms with Crippen molar-refractivity contribution in [2.45, 2.75) is 22.9 Å². The van der Waals surface area contributed by atoms with Gasteiger partial charge in [-0.1, -0.05) is 36.4 Å². The molecule has 1 aromatic heterocycles. The summed E-state index contributed by atoms with van der Waals surface area (Å²) in [6, 6.07) is 23.0. The lowest BCUT2D eigenvalue weighted by Crippen LogP contribution is -2.31. The second-order valence-corrected chi connectivity index (χ2v) is 9.35. The molecule has 174 valence electrons. The molecule has 2 amide bonds. The number of hydrogen-bond donors (Lipinski definition) is 1. The Kier molecular flexibility index (Phi) is 6.20. The average molecular weight is 486 g/mol. The third-order valence-corrected chi connectivity index (χ3v) is 7.22. The van der Waals surface area contributed by atoms with Crippen LogP contribution in [0.4, 0.5) is 10.1 Å². The monoisotopic (exact) mass is 485 g/mol. The van der Waals surface area contributed by atoms with Crippen molar-refractivity contribution in [2.75, 3.05) is 4.90 Å². The highest BCUT2D eigenvalue weighted by molar-refractivity contribution is 7.85. The number of rotatable bonds is 5. The summed E-state index contributed by atoms with van der Waals surface area (Å²) in [5, 5.41) is 2.81. The molecular formula is C27H20FN3O3S. The van der Waals surface area contributed by atoms with Gasteiger partial charge in [-0.25, -0.2) is 8.60 Å². The van der Waals surface area contributed by atoms with Crippen molar-refractivity contribution in [3.63, 3.8) is 0 Å². The first-order valence-corrected chi connectivity index (χ1v) is 12.1. The largest absolute Gasteiger partial charge is 0.346 e. The molecule has 8 heteroatoms. The lowest BCUT2D eigenvalue weighted by Gasteiger charge is -2.24. The van der Waals surface area contributed by atoms with Crippen molar-refractivity contribution >= 4 is 28.3 Å². The Bertz CT molecular complexity index is 1460. The van der Waals surface area contributed by atoms with Gasteiger partial charge in [-0.3, -0.25) is 14.6 Å². The zero-order valence-electron chi connectivity index (χ0n) is 18.5. The number of halogens is 1. The summed E-state index contributed by atoms with van der Waals surface area (Å²) in [6.45, 7) is 0.148. The summed E-state index contributed by atoms with van der Waals surface area (Å²) in [6.07, 6.45) is 1.64. The van der Waals surface area contributed by atoms with Crippen LogP contribution in [-0.2, 0) is 23.9 Å². The molecule has 1 atom stereocenters. The van der Waals surface area contributed by atoms with E-state index in [4.69, 9.17) is 0 Å². The number of hydrogen-bond acceptors (Lipinski definition) is 4. The third-order valence-electron chi connectivity index (χ3n) is 5.72. The van der Waals surface area contributed by atoms with Crippen molar-refractivity contribution in [3.8, 4) is 0 Å². The molecule has 4 aromatic rings. The third kappa shape index (κ3) is 4.48. The fraction of sp³-hybridized carbons (Fsp3) is 0.0741. The molecule has 0 unspecified atom stereocenters. The first-order valence-electron chi connectivity index (χ1n) is 10.9. The second kappa shape index (κ2) is 9.60. The van der Waals surface area contributed by atoms with E-state index in [0.29, 0.717) is 26.7 Å². The maximum atomic E-state index is 14.5. The van der Waals surface area contributed by atoms with E-state index in [2.05, 4.69) is 10.3 Å². The number of pyridine rings is 1. The molecule has 5 rings (SSSR count). The van der Waals surface area contributed by atoms with E-state index in [1.54, 1.807) is 72.9 Å². The van der Waals surface area contributed by atoms with Crippen LogP contribution < -0.4 is 10.2 Å². The number of carbonyl (C=O) groups is 2. The molecule has 0 saturated carbocycles. The van der Waals surface area contributed by atoms with Gasteiger partial charge in [0.15, 0.2) is 0 Å². The van der Waals surface area contributed by atoms with Crippen LogP contribution in [0.3, 0.4) is 0 Å². The first kappa shape index (κ1) is 22.6. The van der Waals surface area contributed by atoms with Crippen molar-refractivity contribution in [1.82, 2.24) is 10.3 Å². The van der Waals surface area contributed by atoms with E-state index in [-0.39, 0.29) is 30.1 Å². The molecule has 1 N–H and O–H groups in total. The molecule has 0 radical (unpaired) electrons. The van der Waals surface area contributed by atoms with Gasteiger partial charge >= 0.3 is 0 Å². The van der Waals surface area contributed by atoms with E-state index in [9.17, 15) is 18.2 Å². The Hall–Kier alpha value is -4.17. The van der Waals surface area contributed by atoms with Crippen LogP contribution in [0, 0.1) is 5.82 Å². The van der Waals surface area contributed by atoms with Gasteiger partial charge in [-0.05, 0) is 48.5 Å². The number of benzene rings is 3. The fourth-order valence-electron chi connectivity index (χ4n) is 3.93. The summed E-state index contributed by atoms with van der Waals surface area (Å²) in [5.74, 6) is -1.24. The summed E-state index contributed by atoms with van der Waals surface area (Å²) >= 11 is 0. The van der Waals surface area contributed by atoms with Crippen LogP contribution in [0.15, 0.2) is 101 Å². The zero-order valence-corrected chi connectivity index (χ0v) is 19.3. The minimum absolute atomic E-state index is 0.0803. The number of nitrogens with zero attached hydrogens (tertiary/aromatic N) is 2. The number of anilines is 1. The van der Waals surface area contributed by atoms with Crippen LogP contribution in [0.5, 0.6) is 0 Å². The van der Waals surface area contributed by atoms with E-state index in [1.165, 1.54) is 17.0 Å². The highest BCUT2D eigenvalue weighted by Gasteiger charge is 2.32. The first-order chi connectivity index (χ1) is 17.0. The Morgan fingerprint density at radius 2 is 1.71 bits per heavy atom. The van der Waals surface area contributed by atoms with Gasteiger partial charge in [0.05, 0.1) is 50.6 Å². The standard InChI is InChI=1S/C27H20FN3O3S/c28-22-10-3-1-7-19(22)17-31-23-15-18(26(32)30-16-20-8-5-6-14-29-20)12-13-25(23)35(34)24-11-4-2-9-21(24)27(31)33/h1-15H,16-17H2,(H,30,32)/t35-/m1/s1. The Morgan fingerprint density at radius 3 is 2.51 bits per heavy atom. The molecule has 35 heavy (non-hydrogen) atoms. The Labute approximate surface area is 203 Å². The van der Waals surface area contributed by atoms with E-state index < -0.39 is 22.5 Å². The molecule has 0 spiro atoms. The molecule has 0 aliphatic carbocycles. The van der Waals surface area contributed by atoms with Gasteiger partial charge in [0.1, 0.15) is 5.82 Å². The van der Waals surface area contributed by atoms with Gasteiger partial charge in [0.2, 0.25) is 0 Å². The Morgan fingerprint density at radius 1 is 0.943 bits per heavy atom. The zero-order chi connectivity index (χ0) is 24.4. The van der Waals surface area contributed by atoms with Crippen LogP contribution in [-0.4, -0.2) is 21.0 Å². The lowest BCUT2D eigenvalue weighted by molar-refractivity contribution is 0.0947. The van der Waals surface area contributed by atoms with Crippen molar-refractivity contribution in [1.29, 1.82) is 0 Å². The van der Waals surface area contributed by atoms with E-state index in [0.717, 1.165) is 0 Å². The van der Waals surface area contributed by atoms with Crippen LogP contribution >= 0.6 is 0 Å². The fourth-order valence-corrected chi connectivity index (χ4v) is 5.28. The minimum Gasteiger partial charge on any atom is -0.346 e. The topological polar surface area (TPSA) is 79.4 Å². The minimum atomic E-state index is -1.67. The molecule has 0 fully saturated rings. The highest BCUT2D eigenvalue weighted by Crippen LogP contribution is 2.36. The second-order valence-electron chi connectivity index (χ2n) is 7.93. The van der Waals surface area contributed by atoms with Gasteiger partial charge < -0.3 is 10.2 Å². The molecule has 2 heterocycles. The number of aromatic nitrogens is 1. The SMILES string of the molecule is O=C(NCc1ccccn1)c1ccc2c(c1)N(Cc1ccccc1F)C(=O)c1ccccc1[S@]2=O. The average Bonchev–Trinajstić information content (AvgIpc) is 2.98. The number of amides is 2. The highest BCUT2D eigenvalue weighted by atomic mass is 32.2. The predicted octanol–water partition coefficient (Wildman–Crippen LogP) is 4.48. The molecular weight excluding hydrogens is 465 g/mol. The van der Waals surface area contributed by atoms with E-state index >= 15 is 0 Å². The molecule has 0 saturated heterocycles. The lowest BCUT2D eigenvalue weighted by atomic mass is 10.1. The maximum Gasteiger partial charge on any atom is 0.259 e. The van der Waals surface area contributed by atoms with Crippen molar-refractivity contribution in [3.05, 3.63) is 119 Å². The number of fused-ring (bicyclic) bond motifs is 2. The molecule has 1 aliphatic heterocycles. The molecule has 0 bridgehead atoms. The van der Waals surface area contributed by atoms with Gasteiger partial charge in [-0.2, -0.15) is 0 Å². The molecule has 3 aromatic carbocycles. The molecule has 1 aliphatic rings. The summed E-state index contributed by atoms with van der Waals surface area (Å²) in [7, 11) is -1.67. The van der Waals surface area contributed by atoms with Crippen LogP contribution in [0.25, 0.3) is 0 Å². The summed E-state index contributed by atoms with van der Waals surface area (Å²) in [4.78, 5) is 32.9. The number of carbonyl (C=O) groups excluding carboxylic acids is 2. The normalized spacial score (nSPS) is 14.6. The molecule has 6 nitrogen and oxygen atoms in total. The van der Waals surface area contributed by atoms with Crippen LogP contribution in [0.1, 0.15) is 32.0 Å². The summed E-state index contributed by atoms with van der Waals surface area (Å²) in [5.41, 5.74) is 1.87. The van der Waals surface area contributed by atoms with Gasteiger partial charge in [0.25, 0.3) is 11.8 Å². The predicted molar refractivity (Wildman–Crippen MR) is 130 cm³/mol. The quantitative estimate of drug-likeness (QED) is 0.452. The van der Waals surface area contributed by atoms with E-state index in [1.807, 2.05) is 6.07 Å². The van der Waals surface area contributed by atoms with Gasteiger partial charge in [0, 0.05) is 17.3 Å². The number of nitrogens with one attached hydrogen (secondary N) is 1. The van der Waals surface area contributed by atoms with Crippen LogP contribution in [0.2, 0.25) is 0 Å². The van der Waals surface area contributed by atoms with Crippen molar-refractivity contribution in [2.24, 2.45) is 0 Å². The van der Waals surface area contributed by atoms with Gasteiger partial charge in [-0.15, -0.1) is 0 Å². The van der Waals surface area contributed by atoms with Crippen molar-refractivity contribution < 1.29 is 18.2 Å². The smallest absolute Gasteiger partial charge is 0.259 e. The Balaban J connectivity index is 1.56.